The van der Waals surface area contributed by atoms with Gasteiger partial charge in [-0.2, -0.15) is 0 Å². The van der Waals surface area contributed by atoms with E-state index in [4.69, 9.17) is 0 Å². The van der Waals surface area contributed by atoms with Gasteiger partial charge in [0.25, 0.3) is 0 Å². The predicted octanol–water partition coefficient (Wildman–Crippen LogP) is 24.5. The molecule has 1 atom stereocenters. The second-order valence-electron chi connectivity index (χ2n) is 29.2. The van der Waals surface area contributed by atoms with Crippen LogP contribution in [-0.2, 0) is 0 Å². The lowest BCUT2D eigenvalue weighted by Gasteiger charge is -2.53. The lowest BCUT2D eigenvalue weighted by Crippen LogP contribution is -2.55. The smallest absolute Gasteiger partial charge is 0.118 e. The maximum absolute atomic E-state index is 15.8. The van der Waals surface area contributed by atoms with E-state index in [1.807, 2.05) is 13.8 Å². The van der Waals surface area contributed by atoms with Crippen molar-refractivity contribution in [2.24, 2.45) is 62.1 Å². The fraction of sp³-hybridized carbons (Fsp3) is 1.00. The van der Waals surface area contributed by atoms with Crippen LogP contribution in [-0.4, -0.2) is 28.3 Å². The van der Waals surface area contributed by atoms with Gasteiger partial charge in [0.15, 0.2) is 0 Å². The molecule has 3 rings (SSSR count). The second-order valence-corrected chi connectivity index (χ2v) is 29.2. The molecule has 3 aliphatic carbocycles. The summed E-state index contributed by atoms with van der Waals surface area (Å²) in [4.78, 5) is 0. The van der Waals surface area contributed by atoms with Gasteiger partial charge in [-0.25, -0.2) is 22.0 Å². The van der Waals surface area contributed by atoms with Gasteiger partial charge in [-0.1, -0.05) is 218 Å². The zero-order valence-corrected chi connectivity index (χ0v) is 53.7. The number of alkyl halides is 5. The van der Waals surface area contributed by atoms with Gasteiger partial charge in [0.2, 0.25) is 0 Å². The lowest BCUT2D eigenvalue weighted by atomic mass is 9.54. The summed E-state index contributed by atoms with van der Waals surface area (Å²) in [6.07, 6.45) is 18.5. The molecule has 70 heavy (non-hydrogen) atoms. The zero-order valence-electron chi connectivity index (χ0n) is 53.7. The number of hydrogen-bond donors (Lipinski definition) is 0. The summed E-state index contributed by atoms with van der Waals surface area (Å²) in [5, 5.41) is 0. The van der Waals surface area contributed by atoms with Crippen LogP contribution in [0.3, 0.4) is 0 Å². The van der Waals surface area contributed by atoms with Crippen LogP contribution in [0.25, 0.3) is 0 Å². The van der Waals surface area contributed by atoms with Crippen LogP contribution in [0, 0.1) is 62.1 Å². The molecule has 0 aromatic heterocycles. The zero-order chi connectivity index (χ0) is 56.8. The molecule has 0 saturated heterocycles. The van der Waals surface area contributed by atoms with Crippen molar-refractivity contribution >= 4 is 0 Å². The summed E-state index contributed by atoms with van der Waals surface area (Å²) in [5.74, 6) is 1.53. The number of halogens is 5. The molecule has 0 heterocycles. The van der Waals surface area contributed by atoms with E-state index in [1.165, 1.54) is 19.3 Å². The van der Waals surface area contributed by atoms with Crippen LogP contribution in [0.15, 0.2) is 0 Å². The van der Waals surface area contributed by atoms with Gasteiger partial charge in [0.05, 0.1) is 0 Å². The molecule has 3 fully saturated rings. The highest BCUT2D eigenvalue weighted by Gasteiger charge is 2.55. The third-order valence-corrected chi connectivity index (χ3v) is 19.2. The molecular weight excluding hydrogens is 876 g/mol. The Hall–Kier alpha value is -0.350. The molecule has 0 amide bonds. The van der Waals surface area contributed by atoms with Crippen LogP contribution >= 0.6 is 0 Å². The summed E-state index contributed by atoms with van der Waals surface area (Å²) < 4.78 is 69.7. The van der Waals surface area contributed by atoms with Gasteiger partial charge < -0.3 is 0 Å². The Labute approximate surface area is 440 Å². The van der Waals surface area contributed by atoms with Crippen LogP contribution < -0.4 is 0 Å². The topological polar surface area (TPSA) is 0 Å². The Morgan fingerprint density at radius 3 is 0.757 bits per heavy atom. The molecule has 5 heteroatoms. The molecule has 0 bridgehead atoms. The highest BCUT2D eigenvalue weighted by Crippen LogP contribution is 2.55. The van der Waals surface area contributed by atoms with Crippen molar-refractivity contribution in [2.45, 2.75) is 358 Å². The van der Waals surface area contributed by atoms with E-state index in [0.29, 0.717) is 39.9 Å². The Morgan fingerprint density at radius 2 is 0.600 bits per heavy atom. The fourth-order valence-electron chi connectivity index (χ4n) is 10.6. The van der Waals surface area contributed by atoms with Crippen molar-refractivity contribution in [3.63, 3.8) is 0 Å². The molecule has 0 radical (unpaired) electrons. The molecule has 0 aromatic rings. The Morgan fingerprint density at radius 1 is 0.371 bits per heavy atom. The van der Waals surface area contributed by atoms with Crippen molar-refractivity contribution in [1.82, 2.24) is 0 Å². The minimum Gasteiger partial charge on any atom is -0.244 e. The first-order valence-corrected chi connectivity index (χ1v) is 29.5. The van der Waals surface area contributed by atoms with Gasteiger partial charge in [-0.3, -0.25) is 0 Å². The highest BCUT2D eigenvalue weighted by molar-refractivity contribution is 5.04. The molecule has 0 aromatic carbocycles. The fourth-order valence-corrected chi connectivity index (χ4v) is 10.6. The van der Waals surface area contributed by atoms with E-state index in [-0.39, 0.29) is 22.2 Å². The summed E-state index contributed by atoms with van der Waals surface area (Å²) in [6.45, 7) is 63.1. The Bertz CT molecular complexity index is 1200. The monoisotopic (exact) mass is 1010 g/mol. The van der Waals surface area contributed by atoms with Crippen LogP contribution in [0.4, 0.5) is 22.0 Å². The van der Waals surface area contributed by atoms with E-state index in [0.717, 1.165) is 103 Å². The van der Waals surface area contributed by atoms with Crippen molar-refractivity contribution in [3.05, 3.63) is 0 Å². The van der Waals surface area contributed by atoms with E-state index in [1.54, 1.807) is 20.8 Å². The molecule has 0 unspecified atom stereocenters. The third-order valence-electron chi connectivity index (χ3n) is 19.2. The minimum atomic E-state index is -1.14. The standard InChI is InChI=1S/C17H35F.C14H29F.C9H17F.C7H13F.C6H11F.2C6H14/c1-11(2)15(12(3)4)17(10,18)16(9,13(5)6)14(7)8;1-8-12(5,9-2)14(7,15)13(6,10-3)11-4;1-8(2)4-6-9(3,10)7-5-8;1-7(8)5-3-2-4-6-7;1-6(7)4-2-3-5-6;2*1-5-6(2,3)4/h11-15H,1-10H3;8-11H2,1-7H3;4-7H2,1-3H3;2-6H2,1H3;2-5H2,1H3;2*5H2,1-4H3/t17-;;;;;;/m0....../s1. The SMILES string of the molecule is CC(C)C(C(C)C)[C@](C)(F)C(C)(C(C)C)C(C)C.CC1(C)CCC(C)(F)CC1.CC1(F)CCCC1.CC1(F)CCCCC1.CCC(C)(C)C.CCC(C)(C)C.CCC(C)(CC)C(C)(F)C(C)(CC)CC. The third kappa shape index (κ3) is 28.0. The van der Waals surface area contributed by atoms with E-state index >= 15 is 8.78 Å². The normalized spacial score (nSPS) is 19.9. The minimum absolute atomic E-state index is 0.104. The summed E-state index contributed by atoms with van der Waals surface area (Å²) in [6, 6.07) is 0. The van der Waals surface area contributed by atoms with Gasteiger partial charge in [0.1, 0.15) is 28.3 Å². The molecule has 0 aliphatic heterocycles. The predicted molar refractivity (Wildman–Crippen MR) is 309 cm³/mol. The molecule has 3 saturated carbocycles. The van der Waals surface area contributed by atoms with Crippen molar-refractivity contribution < 1.29 is 22.0 Å². The number of rotatable bonds is 12. The Kier molecular flexibility index (Phi) is 34.4. The summed E-state index contributed by atoms with van der Waals surface area (Å²) >= 11 is 0. The first-order chi connectivity index (χ1) is 31.1. The highest BCUT2D eigenvalue weighted by atomic mass is 19.2. The maximum Gasteiger partial charge on any atom is 0.118 e. The molecule has 0 nitrogen and oxygen atoms in total. The van der Waals surface area contributed by atoms with Gasteiger partial charge in [-0.15, -0.1) is 0 Å². The molecule has 0 spiro atoms. The van der Waals surface area contributed by atoms with Gasteiger partial charge in [-0.05, 0) is 158 Å². The molecule has 0 N–H and O–H groups in total. The largest absolute Gasteiger partial charge is 0.244 e. The van der Waals surface area contributed by atoms with Gasteiger partial charge in [0, 0.05) is 16.2 Å². The Balaban J connectivity index is -0.000000378. The maximum atomic E-state index is 15.8. The average molecular weight is 1010 g/mol. The summed E-state index contributed by atoms with van der Waals surface area (Å²) in [5.41, 5.74) is -3.93. The lowest BCUT2D eigenvalue weighted by molar-refractivity contribution is -0.116. The quantitative estimate of drug-likeness (QED) is 0.171. The van der Waals surface area contributed by atoms with Crippen LogP contribution in [0.5, 0.6) is 0 Å². The van der Waals surface area contributed by atoms with E-state index in [2.05, 4.69) is 173 Å². The first-order valence-electron chi connectivity index (χ1n) is 29.5. The van der Waals surface area contributed by atoms with Crippen molar-refractivity contribution in [2.75, 3.05) is 0 Å². The average Bonchev–Trinajstić information content (AvgIpc) is 3.64. The molecular formula is C65H133F5. The van der Waals surface area contributed by atoms with E-state index in [9.17, 15) is 13.2 Å². The van der Waals surface area contributed by atoms with Crippen molar-refractivity contribution in [1.29, 1.82) is 0 Å². The van der Waals surface area contributed by atoms with Gasteiger partial charge >= 0.3 is 0 Å². The summed E-state index contributed by atoms with van der Waals surface area (Å²) in [7, 11) is 0. The van der Waals surface area contributed by atoms with E-state index < -0.39 is 28.3 Å². The van der Waals surface area contributed by atoms with Crippen LogP contribution in [0.1, 0.15) is 330 Å². The molecule has 3 aliphatic rings. The van der Waals surface area contributed by atoms with Crippen LogP contribution in [0.2, 0.25) is 0 Å². The first kappa shape index (κ1) is 76.2. The second kappa shape index (κ2) is 31.6. The molecule has 428 valence electrons. The van der Waals surface area contributed by atoms with Crippen molar-refractivity contribution in [3.8, 4) is 0 Å². The number of hydrogen-bond acceptors (Lipinski definition) is 0.